The zero-order valence-electron chi connectivity index (χ0n) is 11.7. The summed E-state index contributed by atoms with van der Waals surface area (Å²) in [4.78, 5) is 11.2. The zero-order valence-corrected chi connectivity index (χ0v) is 11.7. The lowest BCUT2D eigenvalue weighted by atomic mass is 10.2. The summed E-state index contributed by atoms with van der Waals surface area (Å²) in [6, 6.07) is 0. The quantitative estimate of drug-likeness (QED) is 0.486. The van der Waals surface area contributed by atoms with Crippen molar-refractivity contribution in [3.63, 3.8) is 0 Å². The minimum absolute atomic E-state index is 0.287. The fourth-order valence-electron chi connectivity index (χ4n) is 1.74. The lowest BCUT2D eigenvalue weighted by molar-refractivity contribution is -0.136. The van der Waals surface area contributed by atoms with Crippen LogP contribution in [0.3, 0.4) is 0 Å². The molecule has 0 aromatic carbocycles. The maximum Gasteiger partial charge on any atom is 0.333 e. The number of hydrogen-bond donors (Lipinski definition) is 1. The van der Waals surface area contributed by atoms with Crippen molar-refractivity contribution < 1.29 is 9.53 Å². The Labute approximate surface area is 108 Å². The van der Waals surface area contributed by atoms with Crippen LogP contribution in [-0.2, 0) is 23.1 Å². The van der Waals surface area contributed by atoms with Gasteiger partial charge in [-0.05, 0) is 20.8 Å². The molecule has 1 aromatic rings. The Bertz CT molecular complexity index is 461. The highest BCUT2D eigenvalue weighted by atomic mass is 16.5. The lowest BCUT2D eigenvalue weighted by Gasteiger charge is -2.04. The molecule has 0 spiro atoms. The van der Waals surface area contributed by atoms with Gasteiger partial charge in [-0.25, -0.2) is 4.79 Å². The number of carbonyl (C=O) groups excluding carboxylic acids is 1. The van der Waals surface area contributed by atoms with Gasteiger partial charge in [0, 0.05) is 37.0 Å². The summed E-state index contributed by atoms with van der Waals surface area (Å²) < 4.78 is 6.50. The SMILES string of the molecule is COC(=O)C(C)=CCNCc1c(C)nn(C)c1C. The Morgan fingerprint density at radius 2 is 2.17 bits per heavy atom. The number of esters is 1. The summed E-state index contributed by atoms with van der Waals surface area (Å²) in [5, 5.41) is 7.62. The molecular weight excluding hydrogens is 230 g/mol. The Morgan fingerprint density at radius 1 is 1.50 bits per heavy atom. The molecule has 5 nitrogen and oxygen atoms in total. The molecule has 1 N–H and O–H groups in total. The van der Waals surface area contributed by atoms with E-state index < -0.39 is 0 Å². The van der Waals surface area contributed by atoms with Crippen molar-refractivity contribution in [1.82, 2.24) is 15.1 Å². The van der Waals surface area contributed by atoms with Gasteiger partial charge in [-0.3, -0.25) is 4.68 Å². The minimum Gasteiger partial charge on any atom is -0.466 e. The molecular formula is C13H21N3O2. The molecule has 0 radical (unpaired) electrons. The van der Waals surface area contributed by atoms with Crippen LogP contribution < -0.4 is 5.32 Å². The molecule has 0 fully saturated rings. The summed E-state index contributed by atoms with van der Waals surface area (Å²) in [7, 11) is 3.32. The largest absolute Gasteiger partial charge is 0.466 e. The van der Waals surface area contributed by atoms with E-state index >= 15 is 0 Å². The van der Waals surface area contributed by atoms with E-state index in [-0.39, 0.29) is 5.97 Å². The average molecular weight is 251 g/mol. The number of methoxy groups -OCH3 is 1. The molecule has 1 heterocycles. The summed E-state index contributed by atoms with van der Waals surface area (Å²) in [5.74, 6) is -0.287. The number of carbonyl (C=O) groups is 1. The summed E-state index contributed by atoms with van der Waals surface area (Å²) in [5.41, 5.74) is 4.02. The molecule has 18 heavy (non-hydrogen) atoms. The Kier molecular flexibility index (Phi) is 5.09. The first-order valence-electron chi connectivity index (χ1n) is 5.92. The topological polar surface area (TPSA) is 56.1 Å². The standard InChI is InChI=1S/C13H21N3O2/c1-9(13(17)18-5)6-7-14-8-12-10(2)15-16(4)11(12)3/h6,14H,7-8H2,1-5H3. The van der Waals surface area contributed by atoms with E-state index in [2.05, 4.69) is 15.2 Å². The van der Waals surface area contributed by atoms with Gasteiger partial charge in [0.25, 0.3) is 0 Å². The first-order valence-corrected chi connectivity index (χ1v) is 5.92. The summed E-state index contributed by atoms with van der Waals surface area (Å²) >= 11 is 0. The highest BCUT2D eigenvalue weighted by molar-refractivity contribution is 5.87. The smallest absolute Gasteiger partial charge is 0.333 e. The van der Waals surface area contributed by atoms with Gasteiger partial charge in [0.05, 0.1) is 12.8 Å². The van der Waals surface area contributed by atoms with Crippen LogP contribution in [-0.4, -0.2) is 29.4 Å². The predicted molar refractivity (Wildman–Crippen MR) is 70.2 cm³/mol. The number of hydrogen-bond acceptors (Lipinski definition) is 4. The van der Waals surface area contributed by atoms with Crippen LogP contribution in [0.15, 0.2) is 11.6 Å². The van der Waals surface area contributed by atoms with Gasteiger partial charge < -0.3 is 10.1 Å². The first-order chi connectivity index (χ1) is 8.47. The number of nitrogens with one attached hydrogen (secondary N) is 1. The third-order valence-corrected chi connectivity index (χ3v) is 3.02. The third kappa shape index (κ3) is 3.43. The molecule has 0 aliphatic heterocycles. The van der Waals surface area contributed by atoms with Gasteiger partial charge in [-0.15, -0.1) is 0 Å². The monoisotopic (exact) mass is 251 g/mol. The summed E-state index contributed by atoms with van der Waals surface area (Å²) in [6.45, 7) is 7.17. The molecule has 0 saturated heterocycles. The van der Waals surface area contributed by atoms with E-state index in [0.717, 1.165) is 17.9 Å². The summed E-state index contributed by atoms with van der Waals surface area (Å²) in [6.07, 6.45) is 1.83. The number of aryl methyl sites for hydroxylation is 2. The third-order valence-electron chi connectivity index (χ3n) is 3.02. The molecule has 0 aliphatic carbocycles. The van der Waals surface area contributed by atoms with Gasteiger partial charge in [-0.2, -0.15) is 5.10 Å². The van der Waals surface area contributed by atoms with E-state index in [9.17, 15) is 4.79 Å². The van der Waals surface area contributed by atoms with Crippen molar-refractivity contribution >= 4 is 5.97 Å². The molecule has 100 valence electrons. The van der Waals surface area contributed by atoms with Crippen molar-refractivity contribution in [2.24, 2.45) is 7.05 Å². The zero-order chi connectivity index (χ0) is 13.7. The Hall–Kier alpha value is -1.62. The average Bonchev–Trinajstić information content (AvgIpc) is 2.58. The van der Waals surface area contributed by atoms with Gasteiger partial charge in [0.2, 0.25) is 0 Å². The molecule has 0 bridgehead atoms. The second kappa shape index (κ2) is 6.35. The van der Waals surface area contributed by atoms with Gasteiger partial charge >= 0.3 is 5.97 Å². The minimum atomic E-state index is -0.287. The predicted octanol–water partition coefficient (Wildman–Crippen LogP) is 1.25. The second-order valence-electron chi connectivity index (χ2n) is 4.28. The maximum absolute atomic E-state index is 11.2. The van der Waals surface area contributed by atoms with Gasteiger partial charge in [-0.1, -0.05) is 6.08 Å². The second-order valence-corrected chi connectivity index (χ2v) is 4.28. The van der Waals surface area contributed by atoms with Crippen molar-refractivity contribution in [2.75, 3.05) is 13.7 Å². The first kappa shape index (κ1) is 14.4. The number of aromatic nitrogens is 2. The van der Waals surface area contributed by atoms with Crippen LogP contribution >= 0.6 is 0 Å². The maximum atomic E-state index is 11.2. The van der Waals surface area contributed by atoms with Crippen LogP contribution in [0.2, 0.25) is 0 Å². The van der Waals surface area contributed by atoms with E-state index in [1.165, 1.54) is 12.7 Å². The molecule has 0 amide bonds. The number of rotatable bonds is 5. The van der Waals surface area contributed by atoms with Crippen molar-refractivity contribution in [2.45, 2.75) is 27.3 Å². The number of ether oxygens (including phenoxy) is 1. The highest BCUT2D eigenvalue weighted by Gasteiger charge is 2.08. The molecule has 1 rings (SSSR count). The van der Waals surface area contributed by atoms with Crippen LogP contribution in [0.1, 0.15) is 23.9 Å². The molecule has 0 aliphatic rings. The van der Waals surface area contributed by atoms with E-state index in [0.29, 0.717) is 12.1 Å². The van der Waals surface area contributed by atoms with Crippen LogP contribution in [0, 0.1) is 13.8 Å². The number of nitrogens with zero attached hydrogens (tertiary/aromatic N) is 2. The Balaban J connectivity index is 2.50. The van der Waals surface area contributed by atoms with Gasteiger partial charge in [0.15, 0.2) is 0 Å². The lowest BCUT2D eigenvalue weighted by Crippen LogP contribution is -2.15. The fraction of sp³-hybridized carbons (Fsp3) is 0.538. The van der Waals surface area contributed by atoms with Gasteiger partial charge in [0.1, 0.15) is 0 Å². The van der Waals surface area contributed by atoms with Crippen LogP contribution in [0.25, 0.3) is 0 Å². The van der Waals surface area contributed by atoms with E-state index in [1.54, 1.807) is 6.92 Å². The van der Waals surface area contributed by atoms with E-state index in [1.807, 2.05) is 31.7 Å². The fourth-order valence-corrected chi connectivity index (χ4v) is 1.74. The normalized spacial score (nSPS) is 11.7. The molecule has 5 heteroatoms. The highest BCUT2D eigenvalue weighted by Crippen LogP contribution is 2.10. The molecule has 0 saturated carbocycles. The molecule has 0 atom stereocenters. The van der Waals surface area contributed by atoms with Crippen molar-refractivity contribution in [1.29, 1.82) is 0 Å². The van der Waals surface area contributed by atoms with Crippen LogP contribution in [0.4, 0.5) is 0 Å². The Morgan fingerprint density at radius 3 is 2.67 bits per heavy atom. The molecule has 1 aromatic heterocycles. The van der Waals surface area contributed by atoms with Crippen LogP contribution in [0.5, 0.6) is 0 Å². The van der Waals surface area contributed by atoms with Crippen molar-refractivity contribution in [3.8, 4) is 0 Å². The molecule has 0 unspecified atom stereocenters. The van der Waals surface area contributed by atoms with Crippen molar-refractivity contribution in [3.05, 3.63) is 28.6 Å². The van der Waals surface area contributed by atoms with E-state index in [4.69, 9.17) is 0 Å².